The second-order valence-electron chi connectivity index (χ2n) is 9.96. The Balaban J connectivity index is 1.53. The van der Waals surface area contributed by atoms with Crippen molar-refractivity contribution in [3.05, 3.63) is 119 Å². The van der Waals surface area contributed by atoms with Gasteiger partial charge in [-0.05, 0) is 56.2 Å². The Morgan fingerprint density at radius 3 is 2.19 bits per heavy atom. The standard InChI is InChI=1S/C33H30O3/c1-23-17-18-28-24(21-23)22-30(32(34)35-27-15-9-4-10-16-27)29-19-20-33(36-31(28)29,25-11-5-2-6-12-25)26-13-7-3-8-14-26/h2-3,5-8,11-14,17-22,27H,4,9-10,15-16H2,1H3. The lowest BCUT2D eigenvalue weighted by Crippen LogP contribution is -2.34. The normalized spacial score (nSPS) is 16.8. The summed E-state index contributed by atoms with van der Waals surface area (Å²) in [5.74, 6) is 0.458. The molecule has 180 valence electrons. The predicted octanol–water partition coefficient (Wildman–Crippen LogP) is 7.99. The van der Waals surface area contributed by atoms with E-state index >= 15 is 0 Å². The molecule has 2 aliphatic rings. The second kappa shape index (κ2) is 9.31. The number of rotatable bonds is 4. The molecule has 0 unspecified atom stereocenters. The Morgan fingerprint density at radius 2 is 1.53 bits per heavy atom. The fourth-order valence-corrected chi connectivity index (χ4v) is 5.60. The molecule has 0 spiro atoms. The number of esters is 1. The largest absolute Gasteiger partial charge is 0.472 e. The first-order valence-corrected chi connectivity index (χ1v) is 12.9. The number of carbonyl (C=O) groups excluding carboxylic acids is 1. The van der Waals surface area contributed by atoms with Gasteiger partial charge in [-0.3, -0.25) is 0 Å². The van der Waals surface area contributed by atoms with Crippen LogP contribution >= 0.6 is 0 Å². The van der Waals surface area contributed by atoms with Gasteiger partial charge in [0.05, 0.1) is 5.56 Å². The Bertz CT molecular complexity index is 1390. The van der Waals surface area contributed by atoms with E-state index in [1.807, 2.05) is 42.5 Å². The highest BCUT2D eigenvalue weighted by Crippen LogP contribution is 2.46. The van der Waals surface area contributed by atoms with Gasteiger partial charge >= 0.3 is 5.97 Å². The summed E-state index contributed by atoms with van der Waals surface area (Å²) >= 11 is 0. The van der Waals surface area contributed by atoms with Crippen molar-refractivity contribution in [3.8, 4) is 5.75 Å². The van der Waals surface area contributed by atoms with Crippen LogP contribution in [-0.4, -0.2) is 12.1 Å². The SMILES string of the molecule is Cc1ccc2c3c(c(C(=O)OC4CCCCC4)cc2c1)C=CC(c1ccccc1)(c1ccccc1)O3. The van der Waals surface area contributed by atoms with Gasteiger partial charge in [0, 0.05) is 22.1 Å². The van der Waals surface area contributed by atoms with E-state index in [9.17, 15) is 4.79 Å². The minimum atomic E-state index is -0.806. The van der Waals surface area contributed by atoms with Crippen LogP contribution in [0.2, 0.25) is 0 Å². The molecule has 0 aromatic heterocycles. The number of fused-ring (bicyclic) bond motifs is 3. The van der Waals surface area contributed by atoms with E-state index in [2.05, 4.69) is 61.5 Å². The third kappa shape index (κ3) is 3.99. The van der Waals surface area contributed by atoms with E-state index in [1.165, 1.54) is 6.42 Å². The van der Waals surface area contributed by atoms with Crippen molar-refractivity contribution in [1.82, 2.24) is 0 Å². The minimum Gasteiger partial charge on any atom is -0.472 e. The van der Waals surface area contributed by atoms with Crippen molar-refractivity contribution in [3.63, 3.8) is 0 Å². The lowest BCUT2D eigenvalue weighted by atomic mass is 9.82. The number of benzene rings is 4. The average Bonchev–Trinajstić information content (AvgIpc) is 2.93. The summed E-state index contributed by atoms with van der Waals surface area (Å²) in [6.07, 6.45) is 9.47. The molecule has 0 atom stereocenters. The maximum absolute atomic E-state index is 13.5. The summed E-state index contributed by atoms with van der Waals surface area (Å²) in [4.78, 5) is 13.5. The van der Waals surface area contributed by atoms with E-state index in [-0.39, 0.29) is 12.1 Å². The van der Waals surface area contributed by atoms with Crippen molar-refractivity contribution >= 4 is 22.8 Å². The van der Waals surface area contributed by atoms with Crippen LogP contribution in [0, 0.1) is 6.92 Å². The molecule has 3 heteroatoms. The van der Waals surface area contributed by atoms with Crippen molar-refractivity contribution in [1.29, 1.82) is 0 Å². The van der Waals surface area contributed by atoms with E-state index < -0.39 is 5.60 Å². The molecule has 1 fully saturated rings. The summed E-state index contributed by atoms with van der Waals surface area (Å²) in [5, 5.41) is 1.97. The molecular formula is C33H30O3. The monoisotopic (exact) mass is 474 g/mol. The van der Waals surface area contributed by atoms with Crippen LogP contribution in [0.5, 0.6) is 5.75 Å². The maximum atomic E-state index is 13.5. The molecule has 1 saturated carbocycles. The van der Waals surface area contributed by atoms with Gasteiger partial charge in [0.15, 0.2) is 5.60 Å². The lowest BCUT2D eigenvalue weighted by Gasteiger charge is -2.37. The summed E-state index contributed by atoms with van der Waals surface area (Å²) in [5.41, 5.74) is 3.76. The van der Waals surface area contributed by atoms with Crippen LogP contribution in [0.1, 0.15) is 64.7 Å². The van der Waals surface area contributed by atoms with Crippen LogP contribution < -0.4 is 4.74 Å². The Kier molecular flexibility index (Phi) is 5.85. The van der Waals surface area contributed by atoms with Crippen LogP contribution in [0.3, 0.4) is 0 Å². The van der Waals surface area contributed by atoms with E-state index in [4.69, 9.17) is 9.47 Å². The second-order valence-corrected chi connectivity index (χ2v) is 9.96. The Hall–Kier alpha value is -3.85. The predicted molar refractivity (Wildman–Crippen MR) is 144 cm³/mol. The van der Waals surface area contributed by atoms with Crippen molar-refractivity contribution in [2.75, 3.05) is 0 Å². The van der Waals surface area contributed by atoms with E-state index in [1.54, 1.807) is 0 Å². The first kappa shape index (κ1) is 22.6. The quantitative estimate of drug-likeness (QED) is 0.281. The summed E-state index contributed by atoms with van der Waals surface area (Å²) in [6, 6.07) is 28.8. The first-order valence-electron chi connectivity index (χ1n) is 12.9. The molecule has 0 saturated heterocycles. The zero-order chi connectivity index (χ0) is 24.5. The van der Waals surface area contributed by atoms with Crippen LogP contribution in [0.4, 0.5) is 0 Å². The van der Waals surface area contributed by atoms with Crippen molar-refractivity contribution in [2.24, 2.45) is 0 Å². The molecule has 6 rings (SSSR count). The topological polar surface area (TPSA) is 35.5 Å². The molecule has 1 heterocycles. The lowest BCUT2D eigenvalue weighted by molar-refractivity contribution is 0.0210. The number of aryl methyl sites for hydroxylation is 1. The Labute approximate surface area is 212 Å². The van der Waals surface area contributed by atoms with Crippen molar-refractivity contribution in [2.45, 2.75) is 50.7 Å². The van der Waals surface area contributed by atoms with Gasteiger partial charge in [-0.25, -0.2) is 4.79 Å². The molecule has 4 aromatic carbocycles. The number of ether oxygens (including phenoxy) is 2. The molecule has 0 radical (unpaired) electrons. The van der Waals surface area contributed by atoms with Gasteiger partial charge in [0.1, 0.15) is 11.9 Å². The van der Waals surface area contributed by atoms with Gasteiger partial charge in [-0.2, -0.15) is 0 Å². The van der Waals surface area contributed by atoms with Gasteiger partial charge in [-0.15, -0.1) is 0 Å². The third-order valence-electron chi connectivity index (χ3n) is 7.49. The van der Waals surface area contributed by atoms with Gasteiger partial charge in [0.2, 0.25) is 0 Å². The van der Waals surface area contributed by atoms with Gasteiger partial charge in [0.25, 0.3) is 0 Å². The molecule has 0 amide bonds. The summed E-state index contributed by atoms with van der Waals surface area (Å²) in [6.45, 7) is 2.07. The third-order valence-corrected chi connectivity index (χ3v) is 7.49. The average molecular weight is 475 g/mol. The van der Waals surface area contributed by atoms with Crippen molar-refractivity contribution < 1.29 is 14.3 Å². The summed E-state index contributed by atoms with van der Waals surface area (Å²) < 4.78 is 13.0. The molecular weight excluding hydrogens is 444 g/mol. The highest BCUT2D eigenvalue weighted by molar-refractivity contribution is 6.04. The first-order chi connectivity index (χ1) is 17.6. The van der Waals surface area contributed by atoms with Gasteiger partial charge < -0.3 is 9.47 Å². The van der Waals surface area contributed by atoms with Crippen LogP contribution in [0.25, 0.3) is 16.8 Å². The number of hydrogen-bond donors (Lipinski definition) is 0. The van der Waals surface area contributed by atoms with E-state index in [0.29, 0.717) is 5.56 Å². The molecule has 3 nitrogen and oxygen atoms in total. The summed E-state index contributed by atoms with van der Waals surface area (Å²) in [7, 11) is 0. The molecule has 0 N–H and O–H groups in total. The zero-order valence-electron chi connectivity index (χ0n) is 20.6. The smallest absolute Gasteiger partial charge is 0.339 e. The zero-order valence-corrected chi connectivity index (χ0v) is 20.6. The minimum absolute atomic E-state index is 0.00340. The van der Waals surface area contributed by atoms with E-state index in [0.717, 1.165) is 64.5 Å². The fraction of sp³-hybridized carbons (Fsp3) is 0.242. The molecule has 36 heavy (non-hydrogen) atoms. The molecule has 1 aliphatic heterocycles. The molecule has 4 aromatic rings. The van der Waals surface area contributed by atoms with Crippen LogP contribution in [0.15, 0.2) is 91.0 Å². The maximum Gasteiger partial charge on any atom is 0.339 e. The molecule has 1 aliphatic carbocycles. The number of hydrogen-bond acceptors (Lipinski definition) is 3. The molecule has 0 bridgehead atoms. The Morgan fingerprint density at radius 1 is 0.861 bits per heavy atom. The van der Waals surface area contributed by atoms with Gasteiger partial charge in [-0.1, -0.05) is 90.8 Å². The fourth-order valence-electron chi connectivity index (χ4n) is 5.60. The number of carbonyl (C=O) groups is 1. The van der Waals surface area contributed by atoms with Crippen LogP contribution in [-0.2, 0) is 10.3 Å². The highest BCUT2D eigenvalue weighted by atomic mass is 16.5. The highest BCUT2D eigenvalue weighted by Gasteiger charge is 2.39.